The van der Waals surface area contributed by atoms with Crippen LogP contribution in [0.5, 0.6) is 5.75 Å². The summed E-state index contributed by atoms with van der Waals surface area (Å²) < 4.78 is 0. The molecule has 2 saturated carbocycles. The highest BCUT2D eigenvalue weighted by molar-refractivity contribution is 8.00. The summed E-state index contributed by atoms with van der Waals surface area (Å²) in [7, 11) is 0. The number of carbonyl (C=O) groups excluding carboxylic acids is 1. The molecule has 5 unspecified atom stereocenters. The Morgan fingerprint density at radius 3 is 2.37 bits per heavy atom. The number of rotatable bonds is 4. The van der Waals surface area contributed by atoms with Gasteiger partial charge in [-0.25, -0.2) is 0 Å². The van der Waals surface area contributed by atoms with E-state index in [1.807, 2.05) is 48.2 Å². The van der Waals surface area contributed by atoms with E-state index in [0.717, 1.165) is 49.5 Å². The summed E-state index contributed by atoms with van der Waals surface area (Å²) in [5.74, 6) is 1.92. The molecule has 0 bridgehead atoms. The van der Waals surface area contributed by atoms with Crippen LogP contribution in [0.4, 0.5) is 0 Å². The molecule has 3 nitrogen and oxygen atoms in total. The van der Waals surface area contributed by atoms with Crippen molar-refractivity contribution in [3.05, 3.63) is 83.4 Å². The number of fused-ring (bicyclic) bond motifs is 5. The summed E-state index contributed by atoms with van der Waals surface area (Å²) in [5.41, 5.74) is 5.67. The predicted molar refractivity (Wildman–Crippen MR) is 141 cm³/mol. The molecule has 180 valence electrons. The average Bonchev–Trinajstić information content (AvgIpc) is 3.18. The summed E-state index contributed by atoms with van der Waals surface area (Å²) in [4.78, 5) is 12.2. The van der Waals surface area contributed by atoms with Crippen LogP contribution in [0.3, 0.4) is 0 Å². The number of carbonyl (C=O) groups is 1. The number of thioether (sulfide) groups is 1. The minimum atomic E-state index is -0.190. The largest absolute Gasteiger partial charge is 0.508 e. The van der Waals surface area contributed by atoms with Gasteiger partial charge in [0.25, 0.3) is 0 Å². The molecule has 0 aliphatic heterocycles. The fourth-order valence-electron chi connectivity index (χ4n) is 7.31. The average molecular weight is 485 g/mol. The van der Waals surface area contributed by atoms with Gasteiger partial charge in [-0.1, -0.05) is 49.4 Å². The molecule has 3 aromatic carbocycles. The van der Waals surface area contributed by atoms with E-state index in [1.54, 1.807) is 0 Å². The van der Waals surface area contributed by atoms with Crippen LogP contribution >= 0.6 is 11.8 Å². The van der Waals surface area contributed by atoms with Crippen molar-refractivity contribution < 1.29 is 15.0 Å². The Hall–Kier alpha value is -2.56. The molecule has 35 heavy (non-hydrogen) atoms. The lowest BCUT2D eigenvalue weighted by Gasteiger charge is -2.52. The zero-order valence-electron chi connectivity index (χ0n) is 20.1. The van der Waals surface area contributed by atoms with Crippen LogP contribution < -0.4 is 0 Å². The predicted octanol–water partition coefficient (Wildman–Crippen LogP) is 6.86. The molecule has 0 aromatic heterocycles. The van der Waals surface area contributed by atoms with Gasteiger partial charge in [-0.3, -0.25) is 4.79 Å². The monoisotopic (exact) mass is 484 g/mol. The van der Waals surface area contributed by atoms with Crippen LogP contribution in [-0.2, 0) is 6.42 Å². The third-order valence-corrected chi connectivity index (χ3v) is 10.5. The number of hydrogen-bond donors (Lipinski definition) is 2. The molecule has 0 amide bonds. The maximum atomic E-state index is 11.0. The standard InChI is InChI=1S/C31H32O3S/c1-31-15-14-26-25-11-8-23(33)16-22(25)17-28(30(26)27(31)12-13-29(31)34)35-24-9-6-21(7-10-24)20-4-2-19(18-32)3-5-20/h2-11,16,18,26-30,33-34H,12-15,17H2,1H3/t26?,27?,28?,29?,30?,31-/m0/s1. The molecule has 0 heterocycles. The van der Waals surface area contributed by atoms with Gasteiger partial charge in [0.1, 0.15) is 12.0 Å². The SMILES string of the molecule is C[C@]12CCC3c4ccc(O)cc4CC(Sc4ccc(-c5ccc(C=O)cc5)cc4)C3C1CCC2O. The highest BCUT2D eigenvalue weighted by atomic mass is 32.2. The first-order valence-corrected chi connectivity index (χ1v) is 13.7. The van der Waals surface area contributed by atoms with Crippen LogP contribution in [0, 0.1) is 17.3 Å². The quantitative estimate of drug-likeness (QED) is 0.397. The van der Waals surface area contributed by atoms with Gasteiger partial charge < -0.3 is 10.2 Å². The second kappa shape index (κ2) is 8.83. The van der Waals surface area contributed by atoms with Crippen molar-refractivity contribution in [2.75, 3.05) is 0 Å². The van der Waals surface area contributed by atoms with Crippen molar-refractivity contribution in [2.24, 2.45) is 17.3 Å². The number of aliphatic hydroxyl groups is 1. The molecule has 6 atom stereocenters. The Labute approximate surface area is 211 Å². The van der Waals surface area contributed by atoms with Gasteiger partial charge >= 0.3 is 0 Å². The van der Waals surface area contributed by atoms with E-state index in [1.165, 1.54) is 16.0 Å². The van der Waals surface area contributed by atoms with E-state index in [-0.39, 0.29) is 11.5 Å². The van der Waals surface area contributed by atoms with Crippen LogP contribution in [0.2, 0.25) is 0 Å². The van der Waals surface area contributed by atoms with Crippen molar-refractivity contribution in [2.45, 2.75) is 61.2 Å². The second-order valence-electron chi connectivity index (χ2n) is 10.9. The molecule has 0 radical (unpaired) electrons. The third-order valence-electron chi connectivity index (χ3n) is 9.18. The Balaban J connectivity index is 1.31. The van der Waals surface area contributed by atoms with Crippen molar-refractivity contribution >= 4 is 18.0 Å². The topological polar surface area (TPSA) is 57.5 Å². The van der Waals surface area contributed by atoms with E-state index in [4.69, 9.17) is 0 Å². The highest BCUT2D eigenvalue weighted by Crippen LogP contribution is 2.62. The van der Waals surface area contributed by atoms with Crippen molar-refractivity contribution in [1.82, 2.24) is 0 Å². The molecule has 3 aliphatic rings. The first-order valence-electron chi connectivity index (χ1n) is 12.8. The van der Waals surface area contributed by atoms with Crippen molar-refractivity contribution in [1.29, 1.82) is 0 Å². The van der Waals surface area contributed by atoms with Crippen LogP contribution in [0.1, 0.15) is 60.0 Å². The summed E-state index contributed by atoms with van der Waals surface area (Å²) in [6.07, 6.45) is 5.85. The van der Waals surface area contributed by atoms with Gasteiger partial charge in [0.05, 0.1) is 6.10 Å². The number of aromatic hydroxyl groups is 1. The first kappa shape index (κ1) is 22.9. The van der Waals surface area contributed by atoms with Crippen LogP contribution in [-0.4, -0.2) is 27.9 Å². The number of phenolic OH excluding ortho intramolecular Hbond substituents is 1. The summed E-state index contributed by atoms with van der Waals surface area (Å²) in [6, 6.07) is 22.5. The van der Waals surface area contributed by atoms with E-state index in [2.05, 4.69) is 37.3 Å². The molecule has 3 aromatic rings. The highest BCUT2D eigenvalue weighted by Gasteiger charge is 2.56. The third kappa shape index (κ3) is 3.91. The lowest BCUT2D eigenvalue weighted by Crippen LogP contribution is -2.48. The van der Waals surface area contributed by atoms with E-state index < -0.39 is 0 Å². The second-order valence-corrected chi connectivity index (χ2v) is 12.2. The van der Waals surface area contributed by atoms with Gasteiger partial charge in [0.2, 0.25) is 0 Å². The lowest BCUT2D eigenvalue weighted by atomic mass is 9.55. The van der Waals surface area contributed by atoms with E-state index in [9.17, 15) is 15.0 Å². The smallest absolute Gasteiger partial charge is 0.150 e. The maximum absolute atomic E-state index is 11.0. The lowest BCUT2D eigenvalue weighted by molar-refractivity contribution is -0.0209. The molecule has 3 aliphatic carbocycles. The fourth-order valence-corrected chi connectivity index (χ4v) is 8.75. The molecular weight excluding hydrogens is 452 g/mol. The van der Waals surface area contributed by atoms with Gasteiger partial charge in [-0.15, -0.1) is 11.8 Å². The normalized spacial score (nSPS) is 31.3. The number of phenols is 1. The minimum absolute atomic E-state index is 0.0198. The molecule has 2 N–H and O–H groups in total. The van der Waals surface area contributed by atoms with E-state index >= 15 is 0 Å². The Bertz CT molecular complexity index is 1240. The first-order chi connectivity index (χ1) is 17.0. The Morgan fingerprint density at radius 1 is 0.943 bits per heavy atom. The molecule has 0 spiro atoms. The van der Waals surface area contributed by atoms with Gasteiger partial charge in [0.15, 0.2) is 0 Å². The van der Waals surface area contributed by atoms with Crippen molar-refractivity contribution in [3.63, 3.8) is 0 Å². The zero-order chi connectivity index (χ0) is 24.2. The van der Waals surface area contributed by atoms with Gasteiger partial charge in [-0.2, -0.15) is 0 Å². The zero-order valence-corrected chi connectivity index (χ0v) is 20.9. The van der Waals surface area contributed by atoms with Gasteiger partial charge in [-0.05, 0) is 102 Å². The number of aliphatic hydroxyl groups excluding tert-OH is 1. The molecular formula is C31H32O3S. The Morgan fingerprint density at radius 2 is 1.66 bits per heavy atom. The minimum Gasteiger partial charge on any atom is -0.508 e. The summed E-state index contributed by atoms with van der Waals surface area (Å²) in [6.45, 7) is 2.32. The van der Waals surface area contributed by atoms with Crippen LogP contribution in [0.25, 0.3) is 11.1 Å². The number of benzene rings is 3. The molecule has 6 rings (SSSR count). The molecule has 4 heteroatoms. The van der Waals surface area contributed by atoms with Crippen LogP contribution in [0.15, 0.2) is 71.6 Å². The van der Waals surface area contributed by atoms with E-state index in [0.29, 0.717) is 34.3 Å². The fraction of sp³-hybridized carbons (Fsp3) is 0.387. The summed E-state index contributed by atoms with van der Waals surface area (Å²) in [5, 5.41) is 21.5. The summed E-state index contributed by atoms with van der Waals surface area (Å²) >= 11 is 1.97. The Kier molecular flexibility index (Phi) is 5.77. The number of hydrogen-bond acceptors (Lipinski definition) is 4. The molecule has 0 saturated heterocycles. The van der Waals surface area contributed by atoms with Gasteiger partial charge in [0, 0.05) is 15.7 Å². The maximum Gasteiger partial charge on any atom is 0.150 e. The number of aldehydes is 1. The van der Waals surface area contributed by atoms with Crippen molar-refractivity contribution in [3.8, 4) is 16.9 Å². The molecule has 2 fully saturated rings.